The molecular formula is C14H13NO. The van der Waals surface area contributed by atoms with Crippen molar-refractivity contribution >= 4 is 5.78 Å². The molecule has 0 N–H and O–H groups in total. The van der Waals surface area contributed by atoms with Crippen molar-refractivity contribution in [3.05, 3.63) is 65.0 Å². The Labute approximate surface area is 95.0 Å². The molecule has 1 aromatic heterocycles. The SMILES string of the molecule is Cc1cccc(C(=O)c2ccncc2)c1C. The summed E-state index contributed by atoms with van der Waals surface area (Å²) < 4.78 is 0. The summed E-state index contributed by atoms with van der Waals surface area (Å²) in [6.45, 7) is 3.99. The molecule has 2 heteroatoms. The molecule has 0 atom stereocenters. The lowest BCUT2D eigenvalue weighted by atomic mass is 9.97. The van der Waals surface area contributed by atoms with Gasteiger partial charge in [0.25, 0.3) is 0 Å². The van der Waals surface area contributed by atoms with Crippen molar-refractivity contribution in [3.63, 3.8) is 0 Å². The lowest BCUT2D eigenvalue weighted by molar-refractivity contribution is 0.103. The van der Waals surface area contributed by atoms with Crippen LogP contribution in [0, 0.1) is 13.8 Å². The Bertz CT molecular complexity index is 518. The van der Waals surface area contributed by atoms with Gasteiger partial charge in [-0.3, -0.25) is 9.78 Å². The highest BCUT2D eigenvalue weighted by molar-refractivity contribution is 6.09. The zero-order chi connectivity index (χ0) is 11.5. The summed E-state index contributed by atoms with van der Waals surface area (Å²) in [5.74, 6) is 0.0589. The van der Waals surface area contributed by atoms with E-state index in [-0.39, 0.29) is 5.78 Å². The number of hydrogen-bond donors (Lipinski definition) is 0. The third-order valence-corrected chi connectivity index (χ3v) is 2.79. The average molecular weight is 211 g/mol. The van der Waals surface area contributed by atoms with Gasteiger partial charge < -0.3 is 0 Å². The molecule has 0 aliphatic rings. The highest BCUT2D eigenvalue weighted by Crippen LogP contribution is 2.16. The van der Waals surface area contributed by atoms with Crippen LogP contribution in [-0.4, -0.2) is 10.8 Å². The number of aromatic nitrogens is 1. The van der Waals surface area contributed by atoms with Crippen LogP contribution >= 0.6 is 0 Å². The molecule has 2 nitrogen and oxygen atoms in total. The van der Waals surface area contributed by atoms with Gasteiger partial charge in [0.15, 0.2) is 5.78 Å². The zero-order valence-corrected chi connectivity index (χ0v) is 9.40. The molecule has 0 radical (unpaired) electrons. The number of hydrogen-bond acceptors (Lipinski definition) is 2. The number of rotatable bonds is 2. The maximum Gasteiger partial charge on any atom is 0.193 e. The average Bonchev–Trinajstić information content (AvgIpc) is 2.33. The van der Waals surface area contributed by atoms with Gasteiger partial charge in [0, 0.05) is 23.5 Å². The second-order valence-electron chi connectivity index (χ2n) is 3.81. The number of ketones is 1. The van der Waals surface area contributed by atoms with Crippen molar-refractivity contribution in [1.82, 2.24) is 4.98 Å². The molecule has 0 aliphatic heterocycles. The molecule has 0 spiro atoms. The third-order valence-electron chi connectivity index (χ3n) is 2.79. The first-order valence-corrected chi connectivity index (χ1v) is 5.21. The molecule has 80 valence electrons. The van der Waals surface area contributed by atoms with E-state index in [2.05, 4.69) is 4.98 Å². The molecule has 0 saturated heterocycles. The fourth-order valence-corrected chi connectivity index (χ4v) is 1.66. The molecule has 2 aromatic rings. The second-order valence-corrected chi connectivity index (χ2v) is 3.81. The summed E-state index contributed by atoms with van der Waals surface area (Å²) in [5, 5.41) is 0. The van der Waals surface area contributed by atoms with Gasteiger partial charge in [0.2, 0.25) is 0 Å². The van der Waals surface area contributed by atoms with Gasteiger partial charge in [-0.15, -0.1) is 0 Å². The molecule has 16 heavy (non-hydrogen) atoms. The van der Waals surface area contributed by atoms with Crippen LogP contribution < -0.4 is 0 Å². The van der Waals surface area contributed by atoms with E-state index >= 15 is 0 Å². The Morgan fingerprint density at radius 2 is 1.75 bits per heavy atom. The van der Waals surface area contributed by atoms with Crippen molar-refractivity contribution in [2.45, 2.75) is 13.8 Å². The van der Waals surface area contributed by atoms with Crippen LogP contribution in [0.15, 0.2) is 42.7 Å². The minimum Gasteiger partial charge on any atom is -0.289 e. The number of nitrogens with zero attached hydrogens (tertiary/aromatic N) is 1. The molecule has 0 amide bonds. The van der Waals surface area contributed by atoms with Gasteiger partial charge in [0.05, 0.1) is 0 Å². The van der Waals surface area contributed by atoms with Crippen LogP contribution in [0.1, 0.15) is 27.0 Å². The first-order chi connectivity index (χ1) is 7.70. The van der Waals surface area contributed by atoms with Crippen LogP contribution in [0.3, 0.4) is 0 Å². The van der Waals surface area contributed by atoms with Gasteiger partial charge in [-0.1, -0.05) is 18.2 Å². The summed E-state index contributed by atoms with van der Waals surface area (Å²) in [6, 6.07) is 9.27. The van der Waals surface area contributed by atoms with Gasteiger partial charge in [-0.05, 0) is 37.1 Å². The Hall–Kier alpha value is -1.96. The molecule has 0 saturated carbocycles. The summed E-state index contributed by atoms with van der Waals surface area (Å²) >= 11 is 0. The van der Waals surface area contributed by atoms with Crippen LogP contribution in [-0.2, 0) is 0 Å². The topological polar surface area (TPSA) is 30.0 Å². The van der Waals surface area contributed by atoms with E-state index in [1.54, 1.807) is 24.5 Å². The lowest BCUT2D eigenvalue weighted by Gasteiger charge is -2.07. The van der Waals surface area contributed by atoms with E-state index in [0.29, 0.717) is 5.56 Å². The first-order valence-electron chi connectivity index (χ1n) is 5.21. The monoisotopic (exact) mass is 211 g/mol. The van der Waals surface area contributed by atoms with Gasteiger partial charge >= 0.3 is 0 Å². The maximum atomic E-state index is 12.2. The van der Waals surface area contributed by atoms with Crippen LogP contribution in [0.5, 0.6) is 0 Å². The lowest BCUT2D eigenvalue weighted by Crippen LogP contribution is -2.04. The molecule has 1 heterocycles. The number of carbonyl (C=O) groups is 1. The number of benzene rings is 1. The number of carbonyl (C=O) groups excluding carboxylic acids is 1. The van der Waals surface area contributed by atoms with E-state index in [9.17, 15) is 4.79 Å². The minimum absolute atomic E-state index is 0.0589. The number of pyridine rings is 1. The smallest absolute Gasteiger partial charge is 0.193 e. The summed E-state index contributed by atoms with van der Waals surface area (Å²) in [7, 11) is 0. The largest absolute Gasteiger partial charge is 0.289 e. The first kappa shape index (κ1) is 10.6. The Morgan fingerprint density at radius 3 is 2.44 bits per heavy atom. The van der Waals surface area contributed by atoms with E-state index in [0.717, 1.165) is 16.7 Å². The Morgan fingerprint density at radius 1 is 1.06 bits per heavy atom. The van der Waals surface area contributed by atoms with Gasteiger partial charge in [0.1, 0.15) is 0 Å². The molecule has 2 rings (SSSR count). The molecule has 0 aliphatic carbocycles. The summed E-state index contributed by atoms with van der Waals surface area (Å²) in [4.78, 5) is 16.1. The van der Waals surface area contributed by atoms with Crippen molar-refractivity contribution in [1.29, 1.82) is 0 Å². The van der Waals surface area contributed by atoms with Crippen molar-refractivity contribution < 1.29 is 4.79 Å². The van der Waals surface area contributed by atoms with Crippen LogP contribution in [0.4, 0.5) is 0 Å². The summed E-state index contributed by atoms with van der Waals surface area (Å²) in [6.07, 6.45) is 3.27. The molecular weight excluding hydrogens is 198 g/mol. The molecule has 0 fully saturated rings. The highest BCUT2D eigenvalue weighted by atomic mass is 16.1. The van der Waals surface area contributed by atoms with Crippen molar-refractivity contribution in [2.75, 3.05) is 0 Å². The third kappa shape index (κ3) is 1.87. The van der Waals surface area contributed by atoms with Gasteiger partial charge in [-0.25, -0.2) is 0 Å². The second kappa shape index (κ2) is 4.27. The van der Waals surface area contributed by atoms with Crippen molar-refractivity contribution in [3.8, 4) is 0 Å². The van der Waals surface area contributed by atoms with Crippen LogP contribution in [0.25, 0.3) is 0 Å². The van der Waals surface area contributed by atoms with E-state index in [1.807, 2.05) is 32.0 Å². The maximum absolute atomic E-state index is 12.2. The van der Waals surface area contributed by atoms with Crippen molar-refractivity contribution in [2.24, 2.45) is 0 Å². The van der Waals surface area contributed by atoms with E-state index < -0.39 is 0 Å². The standard InChI is InChI=1S/C14H13NO/c1-10-4-3-5-13(11(10)2)14(16)12-6-8-15-9-7-12/h3-9H,1-2H3. The quantitative estimate of drug-likeness (QED) is 0.715. The molecule has 0 unspecified atom stereocenters. The fourth-order valence-electron chi connectivity index (χ4n) is 1.66. The Balaban J connectivity index is 2.46. The van der Waals surface area contributed by atoms with E-state index in [4.69, 9.17) is 0 Å². The molecule has 1 aromatic carbocycles. The highest BCUT2D eigenvalue weighted by Gasteiger charge is 2.11. The van der Waals surface area contributed by atoms with Crippen LogP contribution in [0.2, 0.25) is 0 Å². The van der Waals surface area contributed by atoms with Gasteiger partial charge in [-0.2, -0.15) is 0 Å². The Kier molecular flexibility index (Phi) is 2.82. The number of aryl methyl sites for hydroxylation is 1. The summed E-state index contributed by atoms with van der Waals surface area (Å²) in [5.41, 5.74) is 3.64. The predicted molar refractivity (Wildman–Crippen MR) is 63.6 cm³/mol. The predicted octanol–water partition coefficient (Wildman–Crippen LogP) is 2.93. The molecule has 0 bridgehead atoms. The van der Waals surface area contributed by atoms with E-state index in [1.165, 1.54) is 0 Å². The fraction of sp³-hybridized carbons (Fsp3) is 0.143. The zero-order valence-electron chi connectivity index (χ0n) is 9.40. The minimum atomic E-state index is 0.0589. The normalized spacial score (nSPS) is 10.1.